The van der Waals surface area contributed by atoms with Crippen molar-refractivity contribution in [2.75, 3.05) is 23.9 Å². The Balaban J connectivity index is 1.97. The fraction of sp³-hybridized carbons (Fsp3) is 0.143. The Morgan fingerprint density at radius 3 is 2.87 bits per heavy atom. The Bertz CT molecular complexity index is 790. The van der Waals surface area contributed by atoms with Gasteiger partial charge in [0.1, 0.15) is 5.82 Å². The molecule has 0 fully saturated rings. The average molecular weight is 334 g/mol. The summed E-state index contributed by atoms with van der Waals surface area (Å²) in [5.74, 6) is -0.698. The molecule has 2 rings (SSSR count). The smallest absolute Gasteiger partial charge is 0.337 e. The third-order valence-electron chi connectivity index (χ3n) is 2.65. The first-order valence-corrected chi connectivity index (χ1v) is 7.44. The van der Waals surface area contributed by atoms with Crippen molar-refractivity contribution in [2.24, 2.45) is 0 Å². The van der Waals surface area contributed by atoms with E-state index in [4.69, 9.17) is 5.73 Å². The molecule has 1 heterocycles. The maximum atomic E-state index is 11.9. The van der Waals surface area contributed by atoms with Crippen molar-refractivity contribution < 1.29 is 14.3 Å². The summed E-state index contributed by atoms with van der Waals surface area (Å²) in [5, 5.41) is 2.90. The average Bonchev–Trinajstić information content (AvgIpc) is 2.51. The minimum atomic E-state index is -0.489. The molecule has 9 heteroatoms. The Morgan fingerprint density at radius 2 is 2.17 bits per heavy atom. The van der Waals surface area contributed by atoms with Crippen molar-refractivity contribution in [1.82, 2.24) is 9.97 Å². The number of carbonyl (C=O) groups is 2. The molecule has 0 unspecified atom stereocenters. The molecule has 0 aliphatic rings. The molecule has 0 atom stereocenters. The van der Waals surface area contributed by atoms with Crippen LogP contribution in [0.1, 0.15) is 10.4 Å². The number of amides is 1. The van der Waals surface area contributed by atoms with Crippen molar-refractivity contribution in [1.29, 1.82) is 0 Å². The van der Waals surface area contributed by atoms with Gasteiger partial charge in [0, 0.05) is 11.8 Å². The van der Waals surface area contributed by atoms with Gasteiger partial charge in [-0.25, -0.2) is 9.78 Å². The molecule has 1 aromatic carbocycles. The minimum Gasteiger partial charge on any atom is -0.465 e. The number of hydrogen-bond donors (Lipinski definition) is 3. The van der Waals surface area contributed by atoms with Crippen LogP contribution in [-0.2, 0) is 9.53 Å². The van der Waals surface area contributed by atoms with E-state index in [9.17, 15) is 14.4 Å². The van der Waals surface area contributed by atoms with Crippen LogP contribution in [0.5, 0.6) is 0 Å². The van der Waals surface area contributed by atoms with Gasteiger partial charge in [-0.05, 0) is 18.2 Å². The van der Waals surface area contributed by atoms with E-state index < -0.39 is 5.97 Å². The molecular formula is C14H14N4O4S. The fourth-order valence-corrected chi connectivity index (χ4v) is 2.38. The van der Waals surface area contributed by atoms with Crippen LogP contribution in [0, 0.1) is 0 Å². The minimum absolute atomic E-state index is 0.0227. The van der Waals surface area contributed by atoms with Crippen molar-refractivity contribution in [3.63, 3.8) is 0 Å². The summed E-state index contributed by atoms with van der Waals surface area (Å²) >= 11 is 1.04. The van der Waals surface area contributed by atoms with E-state index in [0.717, 1.165) is 17.8 Å². The van der Waals surface area contributed by atoms with Crippen LogP contribution < -0.4 is 16.6 Å². The summed E-state index contributed by atoms with van der Waals surface area (Å²) in [6.45, 7) is 0. The zero-order chi connectivity index (χ0) is 16.8. The van der Waals surface area contributed by atoms with Gasteiger partial charge in [-0.15, -0.1) is 0 Å². The van der Waals surface area contributed by atoms with Gasteiger partial charge in [-0.3, -0.25) is 9.59 Å². The second kappa shape index (κ2) is 7.45. The van der Waals surface area contributed by atoms with E-state index in [1.54, 1.807) is 18.2 Å². The number of aromatic amines is 1. The van der Waals surface area contributed by atoms with Gasteiger partial charge in [0.25, 0.3) is 5.56 Å². The maximum absolute atomic E-state index is 11.9. The number of hydrogen-bond acceptors (Lipinski definition) is 7. The maximum Gasteiger partial charge on any atom is 0.337 e. The number of benzene rings is 1. The molecule has 2 aromatic rings. The van der Waals surface area contributed by atoms with E-state index in [0.29, 0.717) is 11.3 Å². The number of nitrogens with one attached hydrogen (secondary N) is 2. The van der Waals surface area contributed by atoms with Gasteiger partial charge in [-0.1, -0.05) is 17.8 Å². The highest BCUT2D eigenvalue weighted by molar-refractivity contribution is 7.99. The summed E-state index contributed by atoms with van der Waals surface area (Å²) in [6, 6.07) is 7.52. The number of ether oxygens (including phenoxy) is 1. The number of aromatic nitrogens is 2. The first-order valence-electron chi connectivity index (χ1n) is 6.46. The number of anilines is 2. The van der Waals surface area contributed by atoms with Gasteiger partial charge in [0.2, 0.25) is 5.91 Å². The van der Waals surface area contributed by atoms with E-state index in [1.165, 1.54) is 13.2 Å². The molecular weight excluding hydrogens is 320 g/mol. The highest BCUT2D eigenvalue weighted by Gasteiger charge is 2.09. The Morgan fingerprint density at radius 1 is 1.39 bits per heavy atom. The van der Waals surface area contributed by atoms with Gasteiger partial charge in [-0.2, -0.15) is 0 Å². The first kappa shape index (κ1) is 16.6. The van der Waals surface area contributed by atoms with Gasteiger partial charge in [0.15, 0.2) is 5.16 Å². The predicted octanol–water partition coefficient (Wildman–Crippen LogP) is 0.869. The molecule has 0 saturated heterocycles. The number of esters is 1. The van der Waals surface area contributed by atoms with Crippen molar-refractivity contribution in [2.45, 2.75) is 5.16 Å². The van der Waals surface area contributed by atoms with Gasteiger partial charge >= 0.3 is 5.97 Å². The molecule has 0 aliphatic heterocycles. The molecule has 1 amide bonds. The highest BCUT2D eigenvalue weighted by atomic mass is 32.2. The van der Waals surface area contributed by atoms with E-state index in [-0.39, 0.29) is 28.2 Å². The number of H-pyrrole nitrogens is 1. The van der Waals surface area contributed by atoms with E-state index in [2.05, 4.69) is 20.0 Å². The van der Waals surface area contributed by atoms with Crippen LogP contribution in [0.4, 0.5) is 11.5 Å². The number of thioether (sulfide) groups is 1. The predicted molar refractivity (Wildman–Crippen MR) is 86.4 cm³/mol. The summed E-state index contributed by atoms with van der Waals surface area (Å²) in [7, 11) is 1.28. The Labute approximate surface area is 135 Å². The van der Waals surface area contributed by atoms with Crippen molar-refractivity contribution in [3.05, 3.63) is 46.2 Å². The lowest BCUT2D eigenvalue weighted by molar-refractivity contribution is -0.113. The molecule has 23 heavy (non-hydrogen) atoms. The van der Waals surface area contributed by atoms with Crippen LogP contribution in [0.15, 0.2) is 40.3 Å². The Kier molecular flexibility index (Phi) is 5.36. The van der Waals surface area contributed by atoms with Crippen molar-refractivity contribution >= 4 is 35.1 Å². The number of nitrogens with two attached hydrogens (primary N) is 1. The fourth-order valence-electron chi connectivity index (χ4n) is 1.69. The number of carbonyl (C=O) groups excluding carboxylic acids is 2. The molecule has 1 aromatic heterocycles. The monoisotopic (exact) mass is 334 g/mol. The lowest BCUT2D eigenvalue weighted by atomic mass is 10.2. The van der Waals surface area contributed by atoms with Crippen molar-refractivity contribution in [3.8, 4) is 0 Å². The third kappa shape index (κ3) is 4.85. The van der Waals surface area contributed by atoms with E-state index in [1.807, 2.05) is 0 Å². The van der Waals surface area contributed by atoms with Crippen LogP contribution in [0.3, 0.4) is 0 Å². The largest absolute Gasteiger partial charge is 0.465 e. The van der Waals surface area contributed by atoms with Crippen LogP contribution in [0.25, 0.3) is 0 Å². The van der Waals surface area contributed by atoms with E-state index >= 15 is 0 Å². The second-order valence-corrected chi connectivity index (χ2v) is 5.35. The summed E-state index contributed by atoms with van der Waals surface area (Å²) in [6.07, 6.45) is 0. The molecule has 0 spiro atoms. The summed E-state index contributed by atoms with van der Waals surface area (Å²) in [5.41, 5.74) is 5.87. The molecule has 0 aliphatic carbocycles. The zero-order valence-electron chi connectivity index (χ0n) is 12.2. The van der Waals surface area contributed by atoms with Crippen LogP contribution in [0.2, 0.25) is 0 Å². The molecule has 0 radical (unpaired) electrons. The summed E-state index contributed by atoms with van der Waals surface area (Å²) in [4.78, 5) is 41.0. The highest BCUT2D eigenvalue weighted by Crippen LogP contribution is 2.15. The number of rotatable bonds is 5. The zero-order valence-corrected chi connectivity index (χ0v) is 13.0. The molecule has 120 valence electrons. The number of nitrogen functional groups attached to an aromatic ring is 1. The lowest BCUT2D eigenvalue weighted by Crippen LogP contribution is -2.16. The molecule has 4 N–H and O–H groups in total. The summed E-state index contributed by atoms with van der Waals surface area (Å²) < 4.78 is 4.61. The number of methoxy groups -OCH3 is 1. The molecule has 0 bridgehead atoms. The first-order chi connectivity index (χ1) is 11.0. The van der Waals surface area contributed by atoms with Gasteiger partial charge in [0.05, 0.1) is 18.4 Å². The topological polar surface area (TPSA) is 127 Å². The van der Waals surface area contributed by atoms with Crippen LogP contribution in [-0.4, -0.2) is 34.7 Å². The quantitative estimate of drug-likeness (QED) is 0.420. The number of nitrogens with zero attached hydrogens (tertiary/aromatic N) is 1. The van der Waals surface area contributed by atoms with Crippen LogP contribution >= 0.6 is 11.8 Å². The third-order valence-corrected chi connectivity index (χ3v) is 3.52. The SMILES string of the molecule is COC(=O)c1cccc(NC(=O)CSc2nc(N)cc(=O)[nH]2)c1. The molecule has 8 nitrogen and oxygen atoms in total. The Hall–Kier alpha value is -2.81. The normalized spacial score (nSPS) is 10.1. The standard InChI is InChI=1S/C14H14N4O4S/c1-22-13(21)8-3-2-4-9(5-8)16-12(20)7-23-14-17-10(15)6-11(19)18-14/h2-6H,7H2,1H3,(H,16,20)(H3,15,17,18,19). The second-order valence-electron chi connectivity index (χ2n) is 4.38. The van der Waals surface area contributed by atoms with Gasteiger partial charge < -0.3 is 20.8 Å². The lowest BCUT2D eigenvalue weighted by Gasteiger charge is -2.06. The molecule has 0 saturated carbocycles.